The van der Waals surface area contributed by atoms with Crippen LogP contribution in [0.5, 0.6) is 0 Å². The van der Waals surface area contributed by atoms with Gasteiger partial charge in [0.05, 0.1) is 82.6 Å². The van der Waals surface area contributed by atoms with Crippen LogP contribution in [0.15, 0.2) is 189 Å². The third-order valence-corrected chi connectivity index (χ3v) is 25.3. The summed E-state index contributed by atoms with van der Waals surface area (Å²) in [6, 6.07) is 25.8. The van der Waals surface area contributed by atoms with Gasteiger partial charge in [-0.3, -0.25) is 44.1 Å². The zero-order valence-corrected chi connectivity index (χ0v) is 72.0. The summed E-state index contributed by atoms with van der Waals surface area (Å²) >= 11 is 3.43. The summed E-state index contributed by atoms with van der Waals surface area (Å²) in [5.74, 6) is 6.99. The number of fused-ring (bicyclic) bond motifs is 12. The van der Waals surface area contributed by atoms with Gasteiger partial charge < -0.3 is 40.9 Å². The number of carbonyl (C=O) groups is 4. The number of pyridine rings is 6. The Hall–Kier alpha value is -13.1. The van der Waals surface area contributed by atoms with Gasteiger partial charge in [0.2, 0.25) is 0 Å². The Kier molecular flexibility index (Phi) is 25.1. The van der Waals surface area contributed by atoms with Crippen LogP contribution in [-0.4, -0.2) is 207 Å². The predicted molar refractivity (Wildman–Crippen MR) is 473 cm³/mol. The van der Waals surface area contributed by atoms with Crippen LogP contribution in [0.2, 0.25) is 0 Å². The van der Waals surface area contributed by atoms with Crippen LogP contribution in [0.1, 0.15) is 158 Å². The third kappa shape index (κ3) is 18.9. The molecule has 0 aromatic carbocycles. The van der Waals surface area contributed by atoms with Gasteiger partial charge in [-0.05, 0) is 260 Å². The van der Waals surface area contributed by atoms with Gasteiger partial charge in [-0.2, -0.15) is 0 Å². The van der Waals surface area contributed by atoms with Crippen molar-refractivity contribution in [2.75, 3.05) is 47.4 Å². The number of piperidine rings is 8. The molecule has 8 bridgehead atoms. The van der Waals surface area contributed by atoms with Gasteiger partial charge in [-0.1, -0.05) is 6.07 Å². The van der Waals surface area contributed by atoms with Crippen molar-refractivity contribution in [3.05, 3.63) is 251 Å². The molecular formula is C93H99BrN26O4. The van der Waals surface area contributed by atoms with Crippen molar-refractivity contribution in [1.29, 1.82) is 0 Å². The fourth-order valence-corrected chi connectivity index (χ4v) is 19.2. The second-order valence-electron chi connectivity index (χ2n) is 33.9. The quantitative estimate of drug-likeness (QED) is 0.0698. The minimum Gasteiger partial charge on any atom is -0.365 e. The smallest absolute Gasteiger partial charge is 0.273 e. The number of halogens is 1. The van der Waals surface area contributed by atoms with E-state index in [1.54, 1.807) is 123 Å². The van der Waals surface area contributed by atoms with E-state index in [1.165, 1.54) is 0 Å². The van der Waals surface area contributed by atoms with Gasteiger partial charge >= 0.3 is 0 Å². The van der Waals surface area contributed by atoms with E-state index < -0.39 is 0 Å². The third-order valence-electron chi connectivity index (χ3n) is 24.8. The van der Waals surface area contributed by atoms with Crippen molar-refractivity contribution in [3.8, 4) is 45.6 Å². The van der Waals surface area contributed by atoms with Crippen molar-refractivity contribution in [3.63, 3.8) is 0 Å². The van der Waals surface area contributed by atoms with Crippen molar-refractivity contribution in [2.45, 2.75) is 174 Å². The minimum atomic E-state index is -0.0568. The van der Waals surface area contributed by atoms with Crippen LogP contribution in [0.3, 0.4) is 0 Å². The van der Waals surface area contributed by atoms with E-state index in [1.807, 2.05) is 123 Å². The lowest BCUT2D eigenvalue weighted by Crippen LogP contribution is -2.60. The first kappa shape index (κ1) is 83.2. The van der Waals surface area contributed by atoms with Gasteiger partial charge in [0.25, 0.3) is 23.6 Å². The number of rotatable bonds is 16. The Bertz CT molecular complexity index is 5340. The summed E-state index contributed by atoms with van der Waals surface area (Å²) in [7, 11) is 0. The van der Waals surface area contributed by atoms with E-state index in [9.17, 15) is 19.2 Å². The Morgan fingerprint density at radius 3 is 0.927 bits per heavy atom. The molecule has 632 valence electrons. The number of carbonyl (C=O) groups excluding carboxylic acids is 4. The minimum absolute atomic E-state index is 0.0412. The molecule has 0 radical (unpaired) electrons. The van der Waals surface area contributed by atoms with Gasteiger partial charge in [-0.25, -0.2) is 64.8 Å². The van der Waals surface area contributed by atoms with Crippen molar-refractivity contribution in [1.82, 2.24) is 109 Å². The lowest BCUT2D eigenvalue weighted by Gasteiger charge is -2.50. The molecule has 0 spiro atoms. The number of aromatic nitrogens is 18. The average Bonchev–Trinajstić information content (AvgIpc) is 0.778. The molecule has 12 aliphatic rings. The molecule has 12 fully saturated rings. The Balaban J connectivity index is 0.000000117. The topological polar surface area (TPSA) is 361 Å². The summed E-state index contributed by atoms with van der Waals surface area (Å²) < 4.78 is 0.945. The molecule has 12 aromatic rings. The van der Waals surface area contributed by atoms with Crippen molar-refractivity contribution < 1.29 is 19.2 Å². The van der Waals surface area contributed by atoms with E-state index >= 15 is 0 Å². The first-order valence-electron chi connectivity index (χ1n) is 42.7. The molecule has 12 unspecified atom stereocenters. The van der Waals surface area contributed by atoms with Crippen LogP contribution in [0.25, 0.3) is 45.6 Å². The Morgan fingerprint density at radius 2 is 0.613 bits per heavy atom. The van der Waals surface area contributed by atoms with E-state index in [2.05, 4.69) is 133 Å². The molecule has 31 heteroatoms. The largest absolute Gasteiger partial charge is 0.365 e. The molecule has 4 N–H and O–H groups in total. The summed E-state index contributed by atoms with van der Waals surface area (Å²) in [6.45, 7) is 16.7. The maximum absolute atomic E-state index is 13.7. The number of nitrogens with zero attached hydrogens (tertiary/aromatic N) is 22. The molecular weight excluding hydrogens is 1630 g/mol. The lowest BCUT2D eigenvalue weighted by molar-refractivity contribution is 0.0273. The van der Waals surface area contributed by atoms with E-state index in [-0.39, 0.29) is 72.0 Å². The number of hydrogen-bond acceptors (Lipinski definition) is 26. The number of anilines is 4. The molecule has 8 aliphatic heterocycles. The maximum Gasteiger partial charge on any atom is 0.273 e. The maximum atomic E-state index is 13.7. The first-order chi connectivity index (χ1) is 60.3. The van der Waals surface area contributed by atoms with Crippen LogP contribution in [0.4, 0.5) is 23.3 Å². The SMILES string of the molecule is Cc1ccc(NC2CC3CCC2N(C(=O)c2ncc(C)cc2-c2ncccn2)C3)nc1.Cc1cnc(C(=O)N2CC3CCC2C(Nc2ccc(Br)cn2)C3)c(-c2ncccn2)c1.Cc1cnc(C(=O)N2CC3CCC2C(Nc2cnc(C)cn2)C3)c(-c2ncccn2)c1.Cc1cnc(NC2CC3CCC2N(C(=O)c2nc(C)ccc2-c2ncccn2)C3)cn1. The molecule has 12 atom stereocenters. The van der Waals surface area contributed by atoms with Crippen molar-refractivity contribution in [2.24, 2.45) is 23.7 Å². The molecule has 4 saturated carbocycles. The molecule has 4 amide bonds. The second-order valence-corrected chi connectivity index (χ2v) is 34.8. The summed E-state index contributed by atoms with van der Waals surface area (Å²) in [4.78, 5) is 142. The zero-order chi connectivity index (χ0) is 85.5. The second kappa shape index (κ2) is 37.3. The predicted octanol–water partition coefficient (Wildman–Crippen LogP) is 13.9. The summed E-state index contributed by atoms with van der Waals surface area (Å²) in [6.07, 6.45) is 42.1. The average molecular weight is 1720 g/mol. The van der Waals surface area contributed by atoms with Crippen LogP contribution in [-0.2, 0) is 0 Å². The van der Waals surface area contributed by atoms with Crippen molar-refractivity contribution >= 4 is 62.8 Å². The molecule has 12 aromatic heterocycles. The number of hydrogen-bond donors (Lipinski definition) is 4. The summed E-state index contributed by atoms with van der Waals surface area (Å²) in [5.41, 5.74) is 11.0. The molecule has 124 heavy (non-hydrogen) atoms. The highest BCUT2D eigenvalue weighted by Gasteiger charge is 2.49. The molecule has 20 heterocycles. The Morgan fingerprint density at radius 1 is 0.298 bits per heavy atom. The fourth-order valence-electron chi connectivity index (χ4n) is 19.0. The zero-order valence-electron chi connectivity index (χ0n) is 70.4. The van der Waals surface area contributed by atoms with Gasteiger partial charge in [-0.15, -0.1) is 0 Å². The number of aryl methyl sites for hydroxylation is 7. The monoisotopic (exact) mass is 1720 g/mol. The van der Waals surface area contributed by atoms with Crippen LogP contribution < -0.4 is 21.3 Å². The van der Waals surface area contributed by atoms with Gasteiger partial charge in [0, 0.05) is 141 Å². The van der Waals surface area contributed by atoms with Gasteiger partial charge in [0.1, 0.15) is 46.0 Å². The highest BCUT2D eigenvalue weighted by Crippen LogP contribution is 2.43. The molecule has 4 aliphatic carbocycles. The molecule has 8 saturated heterocycles. The number of amides is 4. The number of nitrogens with one attached hydrogen (secondary N) is 4. The van der Waals surface area contributed by atoms with E-state index in [0.29, 0.717) is 92.0 Å². The normalized spacial score (nSPS) is 22.4. The highest BCUT2D eigenvalue weighted by atomic mass is 79.9. The fraction of sp³-hybridized carbons (Fsp3) is 0.376. The van der Waals surface area contributed by atoms with Crippen LogP contribution >= 0.6 is 15.9 Å². The highest BCUT2D eigenvalue weighted by molar-refractivity contribution is 9.10. The Labute approximate surface area is 728 Å². The summed E-state index contributed by atoms with van der Waals surface area (Å²) in [5, 5.41) is 14.2. The lowest BCUT2D eigenvalue weighted by atomic mass is 9.76. The van der Waals surface area contributed by atoms with Gasteiger partial charge in [0.15, 0.2) is 23.3 Å². The van der Waals surface area contributed by atoms with E-state index in [0.717, 1.165) is 170 Å². The van der Waals surface area contributed by atoms with Crippen LogP contribution in [0, 0.1) is 72.1 Å². The molecule has 24 rings (SSSR count). The van der Waals surface area contributed by atoms with E-state index in [4.69, 9.17) is 0 Å². The first-order valence-corrected chi connectivity index (χ1v) is 43.5. The standard InChI is InChI=1S/C24H26N6O.C23H23BrN6O.2C23H25N7O/c1-15-4-7-21(27-12-15)29-19-11-17-5-6-20(19)30(14-17)24(31)22-18(10-16(2)13-28-22)23-25-8-3-9-26-23;1-14-9-17(22-25-7-2-8-26-22)21(28-11-14)23(31)30-13-15-3-5-19(30)18(10-15)29-20-6-4-16(24)12-27-20;1-14-4-6-17(22-24-8-3-9-25-22)21(28-14)23(31)30-13-16-5-7-19(30)18(10-16)29-20-12-26-15(2)11-27-20;1-14-8-17(22-24-6-3-7-25-22)21(28-10-14)23(31)30-13-16-4-5-19(30)18(9-16)29-20-12-26-15(2)11-27-20/h3-4,7-10,12-13,17,19-20H,5-6,11,14H2,1-2H3,(H,27,29);2,4,6-9,11-12,15,18-19H,3,5,10,13H2,1H3,(H,27,29);3-4,6,8-9,11-12,16,18-19H,5,7,10,13H2,1-2H3,(H,27,29);3,6-8,10-12,16,18-19H,4-5,9,13H2,1-2H3,(H,27,29). The molecule has 30 nitrogen and oxygen atoms in total.